The number of hydrogen-bond acceptors (Lipinski definition) is 1. The Hall–Kier alpha value is -1.60. The predicted molar refractivity (Wildman–Crippen MR) is 80.3 cm³/mol. The van der Waals surface area contributed by atoms with E-state index in [-0.39, 0.29) is 0 Å². The van der Waals surface area contributed by atoms with Gasteiger partial charge in [-0.2, -0.15) is 0 Å². The summed E-state index contributed by atoms with van der Waals surface area (Å²) < 4.78 is 0. The molecule has 0 fully saturated rings. The van der Waals surface area contributed by atoms with Gasteiger partial charge >= 0.3 is 0 Å². The smallest absolute Gasteiger partial charge is 0.0431 e. The molecule has 19 heavy (non-hydrogen) atoms. The lowest BCUT2D eigenvalue weighted by atomic mass is 9.87. The monoisotopic (exact) mass is 254 g/mol. The van der Waals surface area contributed by atoms with Crippen molar-refractivity contribution in [2.45, 2.75) is 31.6 Å². The second-order valence-electron chi connectivity index (χ2n) is 4.95. The lowest BCUT2D eigenvalue weighted by molar-refractivity contribution is 0.282. The summed E-state index contributed by atoms with van der Waals surface area (Å²) >= 11 is 0. The second kappa shape index (κ2) is 7.75. The van der Waals surface area contributed by atoms with E-state index in [0.717, 1.165) is 25.7 Å². The van der Waals surface area contributed by atoms with Crippen molar-refractivity contribution in [1.29, 1.82) is 0 Å². The second-order valence-corrected chi connectivity index (χ2v) is 4.95. The summed E-state index contributed by atoms with van der Waals surface area (Å²) in [5.74, 6) is 0.473. The number of benzene rings is 2. The van der Waals surface area contributed by atoms with E-state index >= 15 is 0 Å². The van der Waals surface area contributed by atoms with E-state index in [1.54, 1.807) is 0 Å². The van der Waals surface area contributed by atoms with E-state index in [4.69, 9.17) is 5.11 Å². The Morgan fingerprint density at radius 2 is 1.21 bits per heavy atom. The van der Waals surface area contributed by atoms with E-state index in [0.29, 0.717) is 12.5 Å². The standard InChI is InChI=1S/C18H22O/c19-15-9-3-8-14-18(16-10-4-1-5-11-16)17-12-6-2-7-13-17/h1-2,4-7,10-13,18-19H,3,8-9,14-15H2. The third-order valence-corrected chi connectivity index (χ3v) is 3.55. The molecule has 0 saturated carbocycles. The van der Waals surface area contributed by atoms with Gasteiger partial charge in [-0.15, -0.1) is 0 Å². The maximum Gasteiger partial charge on any atom is 0.0431 e. The van der Waals surface area contributed by atoms with Gasteiger partial charge in [0.15, 0.2) is 0 Å². The minimum atomic E-state index is 0.307. The first-order chi connectivity index (χ1) is 9.42. The molecular formula is C18H22O. The fourth-order valence-corrected chi connectivity index (χ4v) is 2.53. The Labute approximate surface area is 115 Å². The largest absolute Gasteiger partial charge is 0.396 e. The third-order valence-electron chi connectivity index (χ3n) is 3.55. The van der Waals surface area contributed by atoms with Gasteiger partial charge in [0.05, 0.1) is 0 Å². The lowest BCUT2D eigenvalue weighted by Gasteiger charge is -2.18. The van der Waals surface area contributed by atoms with Gasteiger partial charge in [0, 0.05) is 12.5 Å². The van der Waals surface area contributed by atoms with Gasteiger partial charge in [-0.1, -0.05) is 73.5 Å². The number of aliphatic hydroxyl groups is 1. The van der Waals surface area contributed by atoms with E-state index in [9.17, 15) is 0 Å². The highest BCUT2D eigenvalue weighted by molar-refractivity contribution is 5.32. The van der Waals surface area contributed by atoms with Crippen LogP contribution in [-0.4, -0.2) is 11.7 Å². The molecule has 0 bridgehead atoms. The summed E-state index contributed by atoms with van der Waals surface area (Å²) in [5.41, 5.74) is 2.77. The lowest BCUT2D eigenvalue weighted by Crippen LogP contribution is -2.01. The quantitative estimate of drug-likeness (QED) is 0.727. The fourth-order valence-electron chi connectivity index (χ4n) is 2.53. The Balaban J connectivity index is 2.10. The molecule has 0 atom stereocenters. The first kappa shape index (κ1) is 13.8. The molecule has 0 amide bonds. The molecule has 0 aliphatic rings. The summed E-state index contributed by atoms with van der Waals surface area (Å²) in [5, 5.41) is 8.87. The highest BCUT2D eigenvalue weighted by Crippen LogP contribution is 2.29. The maximum atomic E-state index is 8.87. The summed E-state index contributed by atoms with van der Waals surface area (Å²) in [6.45, 7) is 0.307. The minimum Gasteiger partial charge on any atom is -0.396 e. The third kappa shape index (κ3) is 4.22. The van der Waals surface area contributed by atoms with Crippen molar-refractivity contribution in [1.82, 2.24) is 0 Å². The van der Waals surface area contributed by atoms with E-state index in [1.165, 1.54) is 11.1 Å². The highest BCUT2D eigenvalue weighted by Gasteiger charge is 2.12. The predicted octanol–water partition coefficient (Wildman–Crippen LogP) is 4.37. The Kier molecular flexibility index (Phi) is 5.64. The van der Waals surface area contributed by atoms with Crippen LogP contribution in [0.15, 0.2) is 60.7 Å². The molecule has 0 radical (unpaired) electrons. The van der Waals surface area contributed by atoms with Crippen molar-refractivity contribution in [2.24, 2.45) is 0 Å². The van der Waals surface area contributed by atoms with Gasteiger partial charge in [0.2, 0.25) is 0 Å². The average molecular weight is 254 g/mol. The molecule has 1 N–H and O–H groups in total. The van der Waals surface area contributed by atoms with E-state index in [1.807, 2.05) is 0 Å². The van der Waals surface area contributed by atoms with Crippen LogP contribution in [0.4, 0.5) is 0 Å². The molecule has 2 aromatic carbocycles. The topological polar surface area (TPSA) is 20.2 Å². The molecule has 0 heterocycles. The first-order valence-electron chi connectivity index (χ1n) is 7.12. The summed E-state index contributed by atoms with van der Waals surface area (Å²) in [4.78, 5) is 0. The Morgan fingerprint density at radius 3 is 1.68 bits per heavy atom. The summed E-state index contributed by atoms with van der Waals surface area (Å²) in [7, 11) is 0. The molecule has 1 heteroatoms. The van der Waals surface area contributed by atoms with Crippen LogP contribution in [0.3, 0.4) is 0 Å². The molecule has 0 aromatic heterocycles. The van der Waals surface area contributed by atoms with Crippen LogP contribution < -0.4 is 0 Å². The molecule has 0 spiro atoms. The number of aliphatic hydroxyl groups excluding tert-OH is 1. The zero-order chi connectivity index (χ0) is 13.3. The molecule has 2 rings (SSSR count). The molecular weight excluding hydrogens is 232 g/mol. The van der Waals surface area contributed by atoms with Crippen molar-refractivity contribution in [3.05, 3.63) is 71.8 Å². The van der Waals surface area contributed by atoms with Crippen molar-refractivity contribution in [3.8, 4) is 0 Å². The van der Waals surface area contributed by atoms with E-state index < -0.39 is 0 Å². The molecule has 0 aliphatic carbocycles. The molecule has 2 aromatic rings. The Morgan fingerprint density at radius 1 is 0.684 bits per heavy atom. The van der Waals surface area contributed by atoms with Gasteiger partial charge in [0.1, 0.15) is 0 Å². The van der Waals surface area contributed by atoms with Crippen LogP contribution in [0.1, 0.15) is 42.7 Å². The minimum absolute atomic E-state index is 0.307. The molecule has 0 aliphatic heterocycles. The molecule has 100 valence electrons. The van der Waals surface area contributed by atoms with Gasteiger partial charge < -0.3 is 5.11 Å². The van der Waals surface area contributed by atoms with Crippen LogP contribution in [0.2, 0.25) is 0 Å². The van der Waals surface area contributed by atoms with Crippen LogP contribution in [-0.2, 0) is 0 Å². The van der Waals surface area contributed by atoms with Gasteiger partial charge in [-0.05, 0) is 24.0 Å². The van der Waals surface area contributed by atoms with Gasteiger partial charge in [-0.25, -0.2) is 0 Å². The van der Waals surface area contributed by atoms with Crippen LogP contribution >= 0.6 is 0 Å². The van der Waals surface area contributed by atoms with Crippen LogP contribution in [0.25, 0.3) is 0 Å². The number of hydrogen-bond donors (Lipinski definition) is 1. The maximum absolute atomic E-state index is 8.87. The normalized spacial score (nSPS) is 10.8. The highest BCUT2D eigenvalue weighted by atomic mass is 16.2. The van der Waals surface area contributed by atoms with Crippen molar-refractivity contribution < 1.29 is 5.11 Å². The summed E-state index contributed by atoms with van der Waals surface area (Å²) in [6, 6.07) is 21.4. The number of rotatable bonds is 7. The van der Waals surface area contributed by atoms with Crippen LogP contribution in [0.5, 0.6) is 0 Å². The van der Waals surface area contributed by atoms with Crippen molar-refractivity contribution in [3.63, 3.8) is 0 Å². The average Bonchev–Trinajstić information content (AvgIpc) is 2.49. The number of unbranched alkanes of at least 4 members (excludes halogenated alkanes) is 2. The van der Waals surface area contributed by atoms with Crippen molar-refractivity contribution >= 4 is 0 Å². The summed E-state index contributed by atoms with van der Waals surface area (Å²) in [6.07, 6.45) is 4.33. The molecule has 0 saturated heterocycles. The molecule has 1 nitrogen and oxygen atoms in total. The zero-order valence-corrected chi connectivity index (χ0v) is 11.3. The van der Waals surface area contributed by atoms with Gasteiger partial charge in [0.25, 0.3) is 0 Å². The van der Waals surface area contributed by atoms with E-state index in [2.05, 4.69) is 60.7 Å². The fraction of sp³-hybridized carbons (Fsp3) is 0.333. The van der Waals surface area contributed by atoms with Crippen molar-refractivity contribution in [2.75, 3.05) is 6.61 Å². The van der Waals surface area contributed by atoms with Gasteiger partial charge in [-0.3, -0.25) is 0 Å². The zero-order valence-electron chi connectivity index (χ0n) is 11.3. The Bertz CT molecular complexity index is 410. The SMILES string of the molecule is OCCCCCC(c1ccccc1)c1ccccc1. The molecule has 0 unspecified atom stereocenters. The first-order valence-corrected chi connectivity index (χ1v) is 7.12. The van der Waals surface area contributed by atoms with Crippen LogP contribution in [0, 0.1) is 0 Å².